The molecule has 0 amide bonds. The van der Waals surface area contributed by atoms with E-state index in [1.807, 2.05) is 22.8 Å². The highest BCUT2D eigenvalue weighted by Crippen LogP contribution is 2.31. The predicted molar refractivity (Wildman–Crippen MR) is 160 cm³/mol. The first kappa shape index (κ1) is 34.1. The summed E-state index contributed by atoms with van der Waals surface area (Å²) in [5.41, 5.74) is 8.59. The minimum absolute atomic E-state index is 0.133. The number of nitrogens with zero attached hydrogens (tertiary/aromatic N) is 2. The van der Waals surface area contributed by atoms with Gasteiger partial charge in [-0.15, -0.1) is 0 Å². The van der Waals surface area contributed by atoms with Gasteiger partial charge in [-0.25, -0.2) is 13.9 Å². The molecule has 0 aliphatic heterocycles. The van der Waals surface area contributed by atoms with Crippen LogP contribution in [0.4, 0.5) is 13.2 Å². The zero-order valence-electron chi connectivity index (χ0n) is 25.5. The van der Waals surface area contributed by atoms with Gasteiger partial charge in [0.05, 0.1) is 51.6 Å². The lowest BCUT2D eigenvalue weighted by molar-refractivity contribution is -0.227. The summed E-state index contributed by atoms with van der Waals surface area (Å²) in [6, 6.07) is 5.35. The summed E-state index contributed by atoms with van der Waals surface area (Å²) in [6.07, 6.45) is -5.21. The van der Waals surface area contributed by atoms with Crippen LogP contribution >= 0.6 is 0 Å². The van der Waals surface area contributed by atoms with Crippen molar-refractivity contribution < 1.29 is 31.6 Å². The third kappa shape index (κ3) is 10.1. The molecule has 0 unspecified atom stereocenters. The van der Waals surface area contributed by atoms with Crippen molar-refractivity contribution in [2.24, 2.45) is 5.73 Å². The molecule has 5 atom stereocenters. The lowest BCUT2D eigenvalue weighted by Crippen LogP contribution is -2.43. The monoisotopic (exact) mass is 620 g/mol. The molecule has 234 valence electrons. The summed E-state index contributed by atoms with van der Waals surface area (Å²) in [5, 5.41) is 0. The number of aromatic nitrogens is 2. The fourth-order valence-corrected chi connectivity index (χ4v) is 5.64. The Morgan fingerprint density at radius 3 is 2.41 bits per heavy atom. The largest absolute Gasteiger partial charge is 0.414 e. The second-order valence-electron chi connectivity index (χ2n) is 13.1. The van der Waals surface area contributed by atoms with Gasteiger partial charge < -0.3 is 24.5 Å². The SMILES string of the molecule is C[C@@H](O[C@H](C)C(F)(F)F)[C@H](N[S@](=O)C(C)(C)C)c1nc2cc([C@H](N)COC3CC3)ccc2n1COCC[Si](C)(C)C. The highest BCUT2D eigenvalue weighted by atomic mass is 32.2. The Labute approximate surface area is 245 Å². The number of alkyl halides is 3. The number of hydrogen-bond acceptors (Lipinski definition) is 6. The van der Waals surface area contributed by atoms with Crippen molar-refractivity contribution in [2.75, 3.05) is 13.2 Å². The molecule has 1 aromatic carbocycles. The number of nitrogens with one attached hydrogen (secondary N) is 1. The van der Waals surface area contributed by atoms with E-state index in [9.17, 15) is 17.4 Å². The number of nitrogens with two attached hydrogens (primary N) is 1. The van der Waals surface area contributed by atoms with Crippen LogP contribution in [0, 0.1) is 0 Å². The van der Waals surface area contributed by atoms with E-state index in [0.717, 1.165) is 36.9 Å². The summed E-state index contributed by atoms with van der Waals surface area (Å²) in [7, 11) is -2.97. The molecule has 1 aliphatic carbocycles. The maximum Gasteiger partial charge on any atom is 0.414 e. The van der Waals surface area contributed by atoms with Crippen molar-refractivity contribution in [3.05, 3.63) is 29.6 Å². The van der Waals surface area contributed by atoms with Crippen LogP contribution in [0.3, 0.4) is 0 Å². The zero-order valence-corrected chi connectivity index (χ0v) is 27.3. The minimum atomic E-state index is -4.55. The summed E-state index contributed by atoms with van der Waals surface area (Å²) in [6.45, 7) is 15.7. The molecule has 1 aromatic heterocycles. The molecule has 0 radical (unpaired) electrons. The molecule has 1 heterocycles. The number of ether oxygens (including phenoxy) is 3. The minimum Gasteiger partial charge on any atom is -0.376 e. The van der Waals surface area contributed by atoms with E-state index in [4.69, 9.17) is 24.9 Å². The highest BCUT2D eigenvalue weighted by Gasteiger charge is 2.40. The lowest BCUT2D eigenvalue weighted by Gasteiger charge is -2.30. The first-order chi connectivity index (χ1) is 18.9. The van der Waals surface area contributed by atoms with Gasteiger partial charge in [0.15, 0.2) is 6.10 Å². The van der Waals surface area contributed by atoms with Crippen LogP contribution in [0.5, 0.6) is 0 Å². The number of benzene rings is 1. The van der Waals surface area contributed by atoms with Gasteiger partial charge >= 0.3 is 6.18 Å². The summed E-state index contributed by atoms with van der Waals surface area (Å²) in [5.74, 6) is 0.382. The van der Waals surface area contributed by atoms with Crippen LogP contribution in [0.15, 0.2) is 18.2 Å². The Bertz CT molecular complexity index is 1180. The normalized spacial score (nSPS) is 18.8. The van der Waals surface area contributed by atoms with Crippen LogP contribution in [-0.2, 0) is 31.9 Å². The van der Waals surface area contributed by atoms with E-state index in [1.54, 1.807) is 20.8 Å². The second kappa shape index (κ2) is 13.5. The Kier molecular flexibility index (Phi) is 11.3. The fraction of sp³-hybridized carbons (Fsp3) is 0.750. The van der Waals surface area contributed by atoms with Gasteiger partial charge in [-0.2, -0.15) is 13.2 Å². The third-order valence-corrected chi connectivity index (χ3v) is 10.2. The molecular weight excluding hydrogens is 573 g/mol. The van der Waals surface area contributed by atoms with Crippen molar-refractivity contribution in [3.8, 4) is 0 Å². The topological polar surface area (TPSA) is 101 Å². The molecule has 41 heavy (non-hydrogen) atoms. The lowest BCUT2D eigenvalue weighted by atomic mass is 10.1. The smallest absolute Gasteiger partial charge is 0.376 e. The Morgan fingerprint density at radius 2 is 1.85 bits per heavy atom. The van der Waals surface area contributed by atoms with Gasteiger partial charge in [0.2, 0.25) is 0 Å². The van der Waals surface area contributed by atoms with Crippen LogP contribution < -0.4 is 10.5 Å². The van der Waals surface area contributed by atoms with Crippen LogP contribution in [-0.4, -0.2) is 64.3 Å². The van der Waals surface area contributed by atoms with Gasteiger partial charge in [0.1, 0.15) is 18.6 Å². The van der Waals surface area contributed by atoms with E-state index in [2.05, 4.69) is 24.4 Å². The zero-order chi connectivity index (χ0) is 30.8. The summed E-state index contributed by atoms with van der Waals surface area (Å²) < 4.78 is 75.1. The van der Waals surface area contributed by atoms with Gasteiger partial charge in [0, 0.05) is 14.7 Å². The van der Waals surface area contributed by atoms with E-state index in [1.165, 1.54) is 6.92 Å². The molecule has 1 fully saturated rings. The second-order valence-corrected chi connectivity index (χ2v) is 20.8. The maximum absolute atomic E-state index is 13.4. The van der Waals surface area contributed by atoms with Crippen LogP contribution in [0.2, 0.25) is 25.7 Å². The first-order valence-electron chi connectivity index (χ1n) is 14.2. The Hall–Kier alpha value is -1.35. The number of hydrogen-bond donors (Lipinski definition) is 2. The Morgan fingerprint density at radius 1 is 1.20 bits per heavy atom. The van der Waals surface area contributed by atoms with E-state index in [-0.39, 0.29) is 18.9 Å². The van der Waals surface area contributed by atoms with Crippen LogP contribution in [0.25, 0.3) is 11.0 Å². The molecule has 13 heteroatoms. The molecule has 3 N–H and O–H groups in total. The van der Waals surface area contributed by atoms with Gasteiger partial charge in [-0.3, -0.25) is 0 Å². The molecular formula is C28H47F3N4O4SSi. The average molecular weight is 621 g/mol. The van der Waals surface area contributed by atoms with Crippen molar-refractivity contribution in [1.29, 1.82) is 0 Å². The van der Waals surface area contributed by atoms with Crippen LogP contribution in [0.1, 0.15) is 70.9 Å². The molecule has 3 rings (SSSR count). The van der Waals surface area contributed by atoms with E-state index < -0.39 is 48.2 Å². The third-order valence-electron chi connectivity index (χ3n) is 6.90. The standard InChI is InChI=1S/C28H47F3N4O4SSi/c1-18(39-19(2)28(29,30)31)25(34-40(36)27(3,4)5)26-33-23-15-20(22(32)16-38-21-10-11-21)9-12-24(23)35(26)17-37-13-14-41(6,7)8/h9,12,15,18-19,21-22,25,34H,10-11,13-14,16-17,32H2,1-8H3/t18-,19-,22-,25+,40-/m1/s1. The van der Waals surface area contributed by atoms with E-state index in [0.29, 0.717) is 24.6 Å². The maximum atomic E-state index is 13.4. The van der Waals surface area contributed by atoms with Gasteiger partial charge in [-0.1, -0.05) is 25.7 Å². The molecule has 0 saturated heterocycles. The predicted octanol–water partition coefficient (Wildman–Crippen LogP) is 5.98. The average Bonchev–Trinajstić information content (AvgIpc) is 3.61. The number of fused-ring (bicyclic) bond motifs is 1. The molecule has 8 nitrogen and oxygen atoms in total. The number of halogens is 3. The molecule has 0 spiro atoms. The molecule has 1 saturated carbocycles. The molecule has 0 bridgehead atoms. The fourth-order valence-electron chi connectivity index (χ4n) is 4.00. The highest BCUT2D eigenvalue weighted by molar-refractivity contribution is 7.84. The molecule has 1 aliphatic rings. The summed E-state index contributed by atoms with van der Waals surface area (Å²) in [4.78, 5) is 4.85. The number of rotatable bonds is 15. The van der Waals surface area contributed by atoms with Crippen molar-refractivity contribution in [2.45, 2.75) is 121 Å². The van der Waals surface area contributed by atoms with Crippen molar-refractivity contribution in [3.63, 3.8) is 0 Å². The number of imidazole rings is 1. The first-order valence-corrected chi connectivity index (χ1v) is 19.1. The van der Waals surface area contributed by atoms with Crippen molar-refractivity contribution >= 4 is 30.1 Å². The van der Waals surface area contributed by atoms with E-state index >= 15 is 0 Å². The summed E-state index contributed by atoms with van der Waals surface area (Å²) >= 11 is 0. The van der Waals surface area contributed by atoms with Gasteiger partial charge in [0.25, 0.3) is 0 Å². The Balaban J connectivity index is 2.02. The van der Waals surface area contributed by atoms with Crippen molar-refractivity contribution in [1.82, 2.24) is 14.3 Å². The quantitative estimate of drug-likeness (QED) is 0.188. The van der Waals surface area contributed by atoms with Gasteiger partial charge in [-0.05, 0) is 71.2 Å². The molecule has 2 aromatic rings.